The number of methoxy groups -OCH3 is 1. The van der Waals surface area contributed by atoms with Crippen LogP contribution in [-0.2, 0) is 4.79 Å². The van der Waals surface area contributed by atoms with E-state index in [1.807, 2.05) is 18.2 Å². The molecule has 170 valence electrons. The first-order valence-electron chi connectivity index (χ1n) is 11.5. The van der Waals surface area contributed by atoms with Crippen molar-refractivity contribution in [2.75, 3.05) is 64.5 Å². The Hall–Kier alpha value is -2.93. The van der Waals surface area contributed by atoms with Gasteiger partial charge in [0, 0.05) is 38.4 Å². The van der Waals surface area contributed by atoms with Crippen LogP contribution in [0.2, 0.25) is 0 Å². The number of piperazine rings is 1. The Labute approximate surface area is 189 Å². The topological polar surface area (TPSA) is 54.5 Å². The second-order valence-electron chi connectivity index (χ2n) is 8.61. The molecule has 0 unspecified atom stereocenters. The number of ether oxygens (including phenoxy) is 3. The quantitative estimate of drug-likeness (QED) is 0.717. The summed E-state index contributed by atoms with van der Waals surface area (Å²) in [5, 5.41) is 0. The van der Waals surface area contributed by atoms with Gasteiger partial charge in [-0.25, -0.2) is 0 Å². The molecule has 3 heterocycles. The molecule has 0 N–H and O–H groups in total. The van der Waals surface area contributed by atoms with Crippen LogP contribution in [-0.4, -0.2) is 75.3 Å². The molecule has 0 aromatic heterocycles. The molecule has 2 saturated heterocycles. The molecule has 2 fully saturated rings. The van der Waals surface area contributed by atoms with Crippen LogP contribution in [0.25, 0.3) is 0 Å². The van der Waals surface area contributed by atoms with Gasteiger partial charge in [-0.3, -0.25) is 9.69 Å². The van der Waals surface area contributed by atoms with Crippen molar-refractivity contribution in [2.45, 2.75) is 18.9 Å². The van der Waals surface area contributed by atoms with E-state index in [4.69, 9.17) is 14.2 Å². The predicted molar refractivity (Wildman–Crippen MR) is 123 cm³/mol. The second-order valence-corrected chi connectivity index (χ2v) is 8.61. The molecular weight excluding hydrogens is 406 g/mol. The van der Waals surface area contributed by atoms with Crippen molar-refractivity contribution in [1.82, 2.24) is 9.80 Å². The van der Waals surface area contributed by atoms with Crippen LogP contribution in [0.1, 0.15) is 24.4 Å². The van der Waals surface area contributed by atoms with Crippen molar-refractivity contribution in [3.63, 3.8) is 0 Å². The minimum Gasteiger partial charge on any atom is -0.497 e. The van der Waals surface area contributed by atoms with Gasteiger partial charge in [-0.05, 0) is 54.8 Å². The second kappa shape index (κ2) is 9.28. The van der Waals surface area contributed by atoms with Gasteiger partial charge in [-0.15, -0.1) is 0 Å². The number of carbonyl (C=O) groups excluding carboxylic acids is 1. The average Bonchev–Trinajstić information content (AvgIpc) is 3.35. The molecule has 1 amide bonds. The molecule has 7 nitrogen and oxygen atoms in total. The lowest BCUT2D eigenvalue weighted by molar-refractivity contribution is -0.133. The van der Waals surface area contributed by atoms with Crippen LogP contribution in [0.3, 0.4) is 0 Å². The van der Waals surface area contributed by atoms with E-state index >= 15 is 0 Å². The lowest BCUT2D eigenvalue weighted by Gasteiger charge is -2.37. The van der Waals surface area contributed by atoms with Gasteiger partial charge in [0.05, 0.1) is 19.7 Å². The number of rotatable bonds is 5. The number of fused-ring (bicyclic) bond motifs is 1. The molecule has 1 atom stereocenters. The fourth-order valence-electron chi connectivity index (χ4n) is 4.92. The minimum absolute atomic E-state index is 0.124. The van der Waals surface area contributed by atoms with E-state index < -0.39 is 0 Å². The molecule has 32 heavy (non-hydrogen) atoms. The summed E-state index contributed by atoms with van der Waals surface area (Å²) in [4.78, 5) is 19.9. The first-order valence-corrected chi connectivity index (χ1v) is 11.5. The van der Waals surface area contributed by atoms with E-state index in [2.05, 4.69) is 39.0 Å². The van der Waals surface area contributed by atoms with E-state index in [1.54, 1.807) is 7.11 Å². The maximum absolute atomic E-state index is 13.2. The Morgan fingerprint density at radius 1 is 0.969 bits per heavy atom. The zero-order valence-corrected chi connectivity index (χ0v) is 18.7. The van der Waals surface area contributed by atoms with Gasteiger partial charge in [-0.1, -0.05) is 6.07 Å². The van der Waals surface area contributed by atoms with Crippen molar-refractivity contribution in [3.8, 4) is 17.2 Å². The number of amides is 1. The van der Waals surface area contributed by atoms with Crippen LogP contribution >= 0.6 is 0 Å². The number of likely N-dealkylation sites (tertiary alicyclic amines) is 1. The van der Waals surface area contributed by atoms with Crippen molar-refractivity contribution in [3.05, 3.63) is 48.0 Å². The van der Waals surface area contributed by atoms with Gasteiger partial charge in [0.1, 0.15) is 19.0 Å². The van der Waals surface area contributed by atoms with Crippen molar-refractivity contribution < 1.29 is 19.0 Å². The average molecular weight is 438 g/mol. The third-order valence-electron chi connectivity index (χ3n) is 6.69. The molecule has 2 aromatic carbocycles. The SMILES string of the molecule is COc1ccc(N2CCN(CC(=O)N3CCC[C@@H]3c3ccc4c(c3)OCCO4)CC2)cc1. The Balaban J connectivity index is 1.18. The molecule has 3 aliphatic rings. The molecule has 7 heteroatoms. The summed E-state index contributed by atoms with van der Waals surface area (Å²) >= 11 is 0. The maximum Gasteiger partial charge on any atom is 0.237 e. The highest BCUT2D eigenvalue weighted by Gasteiger charge is 2.32. The van der Waals surface area contributed by atoms with Crippen molar-refractivity contribution >= 4 is 11.6 Å². The van der Waals surface area contributed by atoms with Crippen molar-refractivity contribution in [1.29, 1.82) is 0 Å². The van der Waals surface area contributed by atoms with Gasteiger partial charge in [-0.2, -0.15) is 0 Å². The van der Waals surface area contributed by atoms with Crippen molar-refractivity contribution in [2.24, 2.45) is 0 Å². The lowest BCUT2D eigenvalue weighted by Crippen LogP contribution is -2.50. The highest BCUT2D eigenvalue weighted by Crippen LogP contribution is 2.38. The summed E-state index contributed by atoms with van der Waals surface area (Å²) in [7, 11) is 1.68. The molecule has 0 radical (unpaired) electrons. The fourth-order valence-corrected chi connectivity index (χ4v) is 4.92. The Bertz CT molecular complexity index is 941. The summed E-state index contributed by atoms with van der Waals surface area (Å²) in [5.41, 5.74) is 2.35. The highest BCUT2D eigenvalue weighted by atomic mass is 16.6. The zero-order valence-electron chi connectivity index (χ0n) is 18.7. The number of anilines is 1. The molecule has 3 aliphatic heterocycles. The smallest absolute Gasteiger partial charge is 0.237 e. The third-order valence-corrected chi connectivity index (χ3v) is 6.69. The van der Waals surface area contributed by atoms with E-state index in [0.29, 0.717) is 19.8 Å². The number of hydrogen-bond acceptors (Lipinski definition) is 6. The van der Waals surface area contributed by atoms with E-state index in [-0.39, 0.29) is 11.9 Å². The summed E-state index contributed by atoms with van der Waals surface area (Å²) < 4.78 is 16.6. The maximum atomic E-state index is 13.2. The standard InChI is InChI=1S/C25H31N3O4/c1-30-21-7-5-20(6-8-21)27-13-11-26(12-14-27)18-25(29)28-10-2-3-22(28)19-4-9-23-24(17-19)32-16-15-31-23/h4-9,17,22H,2-3,10-16,18H2,1H3/t22-/m1/s1. The largest absolute Gasteiger partial charge is 0.497 e. The van der Waals surface area contributed by atoms with Crippen LogP contribution in [0.4, 0.5) is 5.69 Å². The first kappa shape index (κ1) is 20.9. The number of carbonyl (C=O) groups is 1. The normalized spacial score (nSPS) is 21.0. The third kappa shape index (κ3) is 4.35. The predicted octanol–water partition coefficient (Wildman–Crippen LogP) is 2.95. The van der Waals surface area contributed by atoms with Crippen LogP contribution < -0.4 is 19.1 Å². The number of hydrogen-bond donors (Lipinski definition) is 0. The zero-order chi connectivity index (χ0) is 21.9. The van der Waals surface area contributed by atoms with Crippen LogP contribution in [0.15, 0.2) is 42.5 Å². The highest BCUT2D eigenvalue weighted by molar-refractivity contribution is 5.79. The molecule has 0 saturated carbocycles. The lowest BCUT2D eigenvalue weighted by atomic mass is 10.0. The Morgan fingerprint density at radius 3 is 2.47 bits per heavy atom. The molecule has 5 rings (SSSR count). The Morgan fingerprint density at radius 2 is 1.72 bits per heavy atom. The van der Waals surface area contributed by atoms with Gasteiger partial charge >= 0.3 is 0 Å². The van der Waals surface area contributed by atoms with E-state index in [9.17, 15) is 4.79 Å². The Kier molecular flexibility index (Phi) is 6.08. The summed E-state index contributed by atoms with van der Waals surface area (Å²) in [5.74, 6) is 2.68. The fraction of sp³-hybridized carbons (Fsp3) is 0.480. The summed E-state index contributed by atoms with van der Waals surface area (Å²) in [6, 6.07) is 14.4. The van der Waals surface area contributed by atoms with Crippen LogP contribution in [0.5, 0.6) is 17.2 Å². The van der Waals surface area contributed by atoms with E-state index in [1.165, 1.54) is 5.69 Å². The molecule has 0 aliphatic carbocycles. The number of benzene rings is 2. The molecule has 0 spiro atoms. The monoisotopic (exact) mass is 437 g/mol. The van der Waals surface area contributed by atoms with Gasteiger partial charge in [0.15, 0.2) is 11.5 Å². The molecular formula is C25H31N3O4. The molecule has 2 aromatic rings. The summed E-state index contributed by atoms with van der Waals surface area (Å²) in [6.45, 7) is 6.09. The summed E-state index contributed by atoms with van der Waals surface area (Å²) in [6.07, 6.45) is 2.03. The molecule has 0 bridgehead atoms. The van der Waals surface area contributed by atoms with Gasteiger partial charge < -0.3 is 24.0 Å². The first-order chi connectivity index (χ1) is 15.7. The van der Waals surface area contributed by atoms with Crippen LogP contribution in [0, 0.1) is 0 Å². The van der Waals surface area contributed by atoms with Gasteiger partial charge in [0.25, 0.3) is 0 Å². The number of nitrogens with zero attached hydrogens (tertiary/aromatic N) is 3. The van der Waals surface area contributed by atoms with E-state index in [0.717, 1.165) is 68.4 Å². The minimum atomic E-state index is 0.124. The van der Waals surface area contributed by atoms with Gasteiger partial charge in [0.2, 0.25) is 5.91 Å².